The van der Waals surface area contributed by atoms with Crippen LogP contribution in [0.1, 0.15) is 0 Å². The molecule has 0 atom stereocenters. The van der Waals surface area contributed by atoms with Crippen molar-refractivity contribution in [3.63, 3.8) is 0 Å². The van der Waals surface area contributed by atoms with Crippen LogP contribution in [0.4, 0.5) is 10.5 Å². The first-order valence-electron chi connectivity index (χ1n) is 4.37. The number of hydrogen-bond donors (Lipinski definition) is 2. The minimum atomic E-state index is -0.184. The topological polar surface area (TPSA) is 58.4 Å². The number of para-hydroxylation sites is 1. The molecule has 1 aromatic carbocycles. The quantitative estimate of drug-likeness (QED) is 0.692. The molecule has 0 radical (unpaired) electrons. The van der Waals surface area contributed by atoms with E-state index < -0.39 is 0 Å². The Kier molecular flexibility index (Phi) is 2.10. The van der Waals surface area contributed by atoms with Crippen LogP contribution >= 0.6 is 0 Å². The molecule has 0 aliphatic carbocycles. The third-order valence-corrected chi connectivity index (χ3v) is 2.04. The molecule has 0 saturated carbocycles. The molecule has 0 unspecified atom stereocenters. The summed E-state index contributed by atoms with van der Waals surface area (Å²) in [7, 11) is 0. The van der Waals surface area contributed by atoms with Gasteiger partial charge in [0.1, 0.15) is 5.82 Å². The standard InChI is InChI=1S/C10H11N3O/c11-9-6-7-12-10(14)13(9)8-4-2-1-3-5-8/h1-6H,7,11H2,(H,12,14). The van der Waals surface area contributed by atoms with Gasteiger partial charge in [0.05, 0.1) is 5.69 Å². The molecule has 0 bridgehead atoms. The molecule has 4 nitrogen and oxygen atoms in total. The number of amides is 2. The highest BCUT2D eigenvalue weighted by Crippen LogP contribution is 2.17. The number of carbonyl (C=O) groups excluding carboxylic acids is 1. The fraction of sp³-hybridized carbons (Fsp3) is 0.100. The van der Waals surface area contributed by atoms with E-state index in [2.05, 4.69) is 5.32 Å². The molecule has 0 fully saturated rings. The maximum Gasteiger partial charge on any atom is 0.327 e. The van der Waals surface area contributed by atoms with Crippen LogP contribution in [0.25, 0.3) is 0 Å². The summed E-state index contributed by atoms with van der Waals surface area (Å²) < 4.78 is 0. The number of nitrogens with two attached hydrogens (primary N) is 1. The molecule has 1 heterocycles. The van der Waals surface area contributed by atoms with Gasteiger partial charge in [-0.2, -0.15) is 0 Å². The van der Waals surface area contributed by atoms with E-state index in [1.165, 1.54) is 4.90 Å². The van der Waals surface area contributed by atoms with E-state index in [1.807, 2.05) is 30.3 Å². The molecule has 0 aromatic heterocycles. The van der Waals surface area contributed by atoms with E-state index in [0.29, 0.717) is 12.4 Å². The highest BCUT2D eigenvalue weighted by molar-refractivity contribution is 5.95. The number of hydrogen-bond acceptors (Lipinski definition) is 2. The monoisotopic (exact) mass is 189 g/mol. The van der Waals surface area contributed by atoms with Gasteiger partial charge in [-0.1, -0.05) is 18.2 Å². The molecular weight excluding hydrogens is 178 g/mol. The van der Waals surface area contributed by atoms with Crippen molar-refractivity contribution in [1.82, 2.24) is 5.32 Å². The van der Waals surface area contributed by atoms with Crippen LogP contribution in [-0.2, 0) is 0 Å². The lowest BCUT2D eigenvalue weighted by Crippen LogP contribution is -2.45. The molecule has 14 heavy (non-hydrogen) atoms. The molecular formula is C10H11N3O. The summed E-state index contributed by atoms with van der Waals surface area (Å²) in [5.41, 5.74) is 6.50. The predicted octanol–water partition coefficient (Wildman–Crippen LogP) is 1.02. The normalized spacial score (nSPS) is 16.1. The van der Waals surface area contributed by atoms with Crippen molar-refractivity contribution in [2.45, 2.75) is 0 Å². The Balaban J connectivity index is 2.37. The van der Waals surface area contributed by atoms with Crippen molar-refractivity contribution in [2.75, 3.05) is 11.4 Å². The number of nitrogens with zero attached hydrogens (tertiary/aromatic N) is 1. The fourth-order valence-electron chi connectivity index (χ4n) is 1.37. The van der Waals surface area contributed by atoms with Gasteiger partial charge < -0.3 is 11.1 Å². The van der Waals surface area contributed by atoms with E-state index >= 15 is 0 Å². The third-order valence-electron chi connectivity index (χ3n) is 2.04. The summed E-state index contributed by atoms with van der Waals surface area (Å²) in [5, 5.41) is 2.69. The van der Waals surface area contributed by atoms with Gasteiger partial charge in [0.2, 0.25) is 0 Å². The molecule has 1 aliphatic rings. The highest BCUT2D eigenvalue weighted by Gasteiger charge is 2.20. The van der Waals surface area contributed by atoms with E-state index in [1.54, 1.807) is 6.08 Å². The van der Waals surface area contributed by atoms with Crippen LogP contribution < -0.4 is 16.0 Å². The average molecular weight is 189 g/mol. The smallest absolute Gasteiger partial charge is 0.327 e. The number of anilines is 1. The van der Waals surface area contributed by atoms with E-state index in [9.17, 15) is 4.79 Å². The van der Waals surface area contributed by atoms with Gasteiger partial charge in [0, 0.05) is 6.54 Å². The summed E-state index contributed by atoms with van der Waals surface area (Å²) in [6.07, 6.45) is 1.77. The lowest BCUT2D eigenvalue weighted by atomic mass is 10.3. The summed E-state index contributed by atoms with van der Waals surface area (Å²) in [6, 6.07) is 9.12. The zero-order chi connectivity index (χ0) is 9.97. The van der Waals surface area contributed by atoms with Crippen molar-refractivity contribution in [1.29, 1.82) is 0 Å². The van der Waals surface area contributed by atoms with Crippen LogP contribution in [0.5, 0.6) is 0 Å². The first kappa shape index (κ1) is 8.62. The Morgan fingerprint density at radius 1 is 1.29 bits per heavy atom. The van der Waals surface area contributed by atoms with Gasteiger partial charge in [-0.3, -0.25) is 0 Å². The fourth-order valence-corrected chi connectivity index (χ4v) is 1.37. The summed E-state index contributed by atoms with van der Waals surface area (Å²) >= 11 is 0. The van der Waals surface area contributed by atoms with Gasteiger partial charge in [-0.05, 0) is 18.2 Å². The predicted molar refractivity (Wildman–Crippen MR) is 54.6 cm³/mol. The van der Waals surface area contributed by atoms with Gasteiger partial charge in [-0.25, -0.2) is 9.69 Å². The van der Waals surface area contributed by atoms with Crippen LogP contribution in [0.15, 0.2) is 42.2 Å². The van der Waals surface area contributed by atoms with Crippen LogP contribution in [-0.4, -0.2) is 12.6 Å². The summed E-state index contributed by atoms with van der Waals surface area (Å²) in [4.78, 5) is 12.9. The number of nitrogens with one attached hydrogen (secondary N) is 1. The molecule has 3 N–H and O–H groups in total. The molecule has 72 valence electrons. The lowest BCUT2D eigenvalue weighted by Gasteiger charge is -2.26. The van der Waals surface area contributed by atoms with Gasteiger partial charge in [0.15, 0.2) is 0 Å². The zero-order valence-corrected chi connectivity index (χ0v) is 7.60. The molecule has 1 aliphatic heterocycles. The number of urea groups is 1. The second-order valence-electron chi connectivity index (χ2n) is 2.99. The number of rotatable bonds is 1. The van der Waals surface area contributed by atoms with Crippen molar-refractivity contribution in [2.24, 2.45) is 5.73 Å². The molecule has 2 amide bonds. The molecule has 4 heteroatoms. The van der Waals surface area contributed by atoms with Crippen molar-refractivity contribution >= 4 is 11.7 Å². The SMILES string of the molecule is NC1=CCNC(=O)N1c1ccccc1. The first-order valence-corrected chi connectivity index (χ1v) is 4.37. The summed E-state index contributed by atoms with van der Waals surface area (Å²) in [5.74, 6) is 0.472. The van der Waals surface area contributed by atoms with Crippen LogP contribution in [0.3, 0.4) is 0 Å². The molecule has 0 saturated heterocycles. The summed E-state index contributed by atoms with van der Waals surface area (Å²) in [6.45, 7) is 0.494. The van der Waals surface area contributed by atoms with Gasteiger partial charge >= 0.3 is 6.03 Å². The molecule has 2 rings (SSSR count). The van der Waals surface area contributed by atoms with Gasteiger partial charge in [0.25, 0.3) is 0 Å². The average Bonchev–Trinajstić information content (AvgIpc) is 2.19. The van der Waals surface area contributed by atoms with Crippen LogP contribution in [0, 0.1) is 0 Å². The number of carbonyl (C=O) groups is 1. The Hall–Kier alpha value is -1.97. The minimum Gasteiger partial charge on any atom is -0.385 e. The van der Waals surface area contributed by atoms with E-state index in [0.717, 1.165) is 5.69 Å². The largest absolute Gasteiger partial charge is 0.385 e. The maximum atomic E-state index is 11.5. The van der Waals surface area contributed by atoms with Crippen molar-refractivity contribution < 1.29 is 4.79 Å². The first-order chi connectivity index (χ1) is 6.79. The second kappa shape index (κ2) is 3.41. The van der Waals surface area contributed by atoms with Crippen LogP contribution in [0.2, 0.25) is 0 Å². The zero-order valence-electron chi connectivity index (χ0n) is 7.60. The minimum absolute atomic E-state index is 0.184. The Morgan fingerprint density at radius 3 is 2.64 bits per heavy atom. The number of benzene rings is 1. The second-order valence-corrected chi connectivity index (χ2v) is 2.99. The van der Waals surface area contributed by atoms with E-state index in [4.69, 9.17) is 5.73 Å². The highest BCUT2D eigenvalue weighted by atomic mass is 16.2. The Morgan fingerprint density at radius 2 is 2.00 bits per heavy atom. The van der Waals surface area contributed by atoms with E-state index in [-0.39, 0.29) is 6.03 Å². The maximum absolute atomic E-state index is 11.5. The third kappa shape index (κ3) is 1.42. The Bertz CT molecular complexity index is 372. The Labute approximate surface area is 82.0 Å². The van der Waals surface area contributed by atoms with Crippen molar-refractivity contribution in [3.05, 3.63) is 42.2 Å². The van der Waals surface area contributed by atoms with Crippen molar-refractivity contribution in [3.8, 4) is 0 Å². The molecule has 0 spiro atoms. The lowest BCUT2D eigenvalue weighted by molar-refractivity contribution is 0.247. The molecule has 1 aromatic rings. The van der Waals surface area contributed by atoms with Gasteiger partial charge in [-0.15, -0.1) is 0 Å².